The zero-order valence-corrected chi connectivity index (χ0v) is 13.6. The van der Waals surface area contributed by atoms with Gasteiger partial charge in [-0.25, -0.2) is 13.6 Å². The van der Waals surface area contributed by atoms with E-state index in [0.717, 1.165) is 5.56 Å². The molecule has 0 saturated heterocycles. The number of hydrogen-bond acceptors (Lipinski definition) is 4. The normalized spacial score (nSPS) is 12.9. The summed E-state index contributed by atoms with van der Waals surface area (Å²) in [6.07, 6.45) is 0. The number of primary sulfonamides is 1. The molecule has 118 valence electrons. The predicted molar refractivity (Wildman–Crippen MR) is 82.0 cm³/mol. The molecule has 22 heavy (non-hydrogen) atoms. The van der Waals surface area contributed by atoms with Crippen molar-refractivity contribution in [3.05, 3.63) is 52.9 Å². The average Bonchev–Trinajstić information content (AvgIpc) is 2.90. The van der Waals surface area contributed by atoms with E-state index in [2.05, 4.69) is 0 Å². The summed E-state index contributed by atoms with van der Waals surface area (Å²) in [7, 11) is -2.11. The summed E-state index contributed by atoms with van der Waals surface area (Å²) in [5, 5.41) is 5.19. The Labute approximate surface area is 133 Å². The number of hydrogen-bond donors (Lipinski definition) is 1. The van der Waals surface area contributed by atoms with Gasteiger partial charge in [-0.2, -0.15) is 0 Å². The molecule has 0 aliphatic rings. The van der Waals surface area contributed by atoms with E-state index in [1.54, 1.807) is 19.2 Å². The van der Waals surface area contributed by atoms with Gasteiger partial charge in [0.1, 0.15) is 0 Å². The van der Waals surface area contributed by atoms with Crippen LogP contribution in [0.3, 0.4) is 0 Å². The molecule has 1 unspecified atom stereocenters. The van der Waals surface area contributed by atoms with Crippen LogP contribution in [0.1, 0.15) is 29.1 Å². The highest BCUT2D eigenvalue weighted by Gasteiger charge is 2.22. The summed E-state index contributed by atoms with van der Waals surface area (Å²) < 4.78 is 27.6. The van der Waals surface area contributed by atoms with E-state index >= 15 is 0 Å². The first-order chi connectivity index (χ1) is 10.2. The van der Waals surface area contributed by atoms with Gasteiger partial charge in [0.2, 0.25) is 10.0 Å². The van der Waals surface area contributed by atoms with Crippen molar-refractivity contribution in [2.45, 2.75) is 17.9 Å². The first kappa shape index (κ1) is 16.5. The van der Waals surface area contributed by atoms with Crippen LogP contribution in [0.25, 0.3) is 0 Å². The van der Waals surface area contributed by atoms with Gasteiger partial charge in [-0.3, -0.25) is 4.79 Å². The molecule has 1 amide bonds. The lowest BCUT2D eigenvalue weighted by molar-refractivity contribution is 0.0710. The van der Waals surface area contributed by atoms with Crippen molar-refractivity contribution >= 4 is 27.5 Å². The lowest BCUT2D eigenvalue weighted by atomic mass is 10.1. The molecule has 0 bridgehead atoms. The van der Waals surface area contributed by atoms with E-state index < -0.39 is 10.0 Å². The third-order valence-electron chi connectivity index (χ3n) is 3.38. The standard InChI is InChI=1S/C14H15ClN2O4S/c1-9(10-3-5-11(6-4-10)22(16,19)20)17(2)14(18)12-7-8-13(15)21-12/h3-9H,1-2H3,(H2,16,19,20). The molecule has 1 aromatic heterocycles. The van der Waals surface area contributed by atoms with Crippen LogP contribution in [0.2, 0.25) is 5.22 Å². The van der Waals surface area contributed by atoms with Crippen molar-refractivity contribution in [1.82, 2.24) is 4.90 Å². The van der Waals surface area contributed by atoms with E-state index in [1.165, 1.54) is 29.2 Å². The maximum Gasteiger partial charge on any atom is 0.289 e. The Balaban J connectivity index is 2.20. The van der Waals surface area contributed by atoms with Crippen LogP contribution < -0.4 is 5.14 Å². The van der Waals surface area contributed by atoms with Gasteiger partial charge in [0.05, 0.1) is 10.9 Å². The molecule has 8 heteroatoms. The number of rotatable bonds is 4. The number of carbonyl (C=O) groups is 1. The Hall–Kier alpha value is -1.83. The van der Waals surface area contributed by atoms with Crippen LogP contribution in [0.4, 0.5) is 0 Å². The van der Waals surface area contributed by atoms with E-state index in [4.69, 9.17) is 21.2 Å². The molecule has 0 aliphatic carbocycles. The highest BCUT2D eigenvalue weighted by molar-refractivity contribution is 7.89. The molecule has 0 aliphatic heterocycles. The number of sulfonamides is 1. The number of amides is 1. The molecule has 2 rings (SSSR count). The number of nitrogens with two attached hydrogens (primary N) is 1. The van der Waals surface area contributed by atoms with Gasteiger partial charge < -0.3 is 9.32 Å². The Morgan fingerprint density at radius 3 is 2.27 bits per heavy atom. The first-order valence-corrected chi connectivity index (χ1v) is 8.28. The van der Waals surface area contributed by atoms with Crippen LogP contribution in [0.15, 0.2) is 45.7 Å². The molecule has 0 radical (unpaired) electrons. The van der Waals surface area contributed by atoms with E-state index in [9.17, 15) is 13.2 Å². The summed E-state index contributed by atoms with van der Waals surface area (Å²) in [6, 6.07) is 8.75. The van der Waals surface area contributed by atoms with Crippen LogP contribution in [0.5, 0.6) is 0 Å². The molecule has 0 spiro atoms. The largest absolute Gasteiger partial charge is 0.440 e. The third-order valence-corrected chi connectivity index (χ3v) is 4.51. The number of nitrogens with zero attached hydrogens (tertiary/aromatic N) is 1. The fourth-order valence-corrected chi connectivity index (χ4v) is 2.60. The minimum atomic E-state index is -3.73. The topological polar surface area (TPSA) is 93.6 Å². The van der Waals surface area contributed by atoms with E-state index in [-0.39, 0.29) is 27.8 Å². The molecular weight excluding hydrogens is 328 g/mol. The van der Waals surface area contributed by atoms with Crippen LogP contribution in [-0.4, -0.2) is 26.3 Å². The number of furan rings is 1. The fraction of sp³-hybridized carbons (Fsp3) is 0.214. The molecule has 1 aromatic carbocycles. The third kappa shape index (κ3) is 3.49. The summed E-state index contributed by atoms with van der Waals surface area (Å²) >= 11 is 5.66. The molecule has 2 aromatic rings. The van der Waals surface area contributed by atoms with Gasteiger partial charge in [-0.1, -0.05) is 12.1 Å². The van der Waals surface area contributed by atoms with Gasteiger partial charge in [-0.15, -0.1) is 0 Å². The molecule has 6 nitrogen and oxygen atoms in total. The minimum Gasteiger partial charge on any atom is -0.440 e. The maximum absolute atomic E-state index is 12.3. The number of benzene rings is 1. The van der Waals surface area contributed by atoms with Crippen molar-refractivity contribution in [1.29, 1.82) is 0 Å². The van der Waals surface area contributed by atoms with E-state index in [1.807, 2.05) is 6.92 Å². The maximum atomic E-state index is 12.3. The number of carbonyl (C=O) groups excluding carboxylic acids is 1. The first-order valence-electron chi connectivity index (χ1n) is 6.35. The molecular formula is C14H15ClN2O4S. The Kier molecular flexibility index (Phi) is 4.60. The van der Waals surface area contributed by atoms with Gasteiger partial charge >= 0.3 is 0 Å². The Morgan fingerprint density at radius 1 is 1.23 bits per heavy atom. The van der Waals surface area contributed by atoms with Crippen molar-refractivity contribution in [2.24, 2.45) is 5.14 Å². The minimum absolute atomic E-state index is 0.0234. The summed E-state index contributed by atoms with van der Waals surface area (Å²) in [5.41, 5.74) is 0.765. The Bertz CT molecular complexity index is 783. The van der Waals surface area contributed by atoms with Gasteiger partial charge in [0.25, 0.3) is 5.91 Å². The lowest BCUT2D eigenvalue weighted by Gasteiger charge is -2.24. The quantitative estimate of drug-likeness (QED) is 0.923. The average molecular weight is 343 g/mol. The van der Waals surface area contributed by atoms with Crippen molar-refractivity contribution < 1.29 is 17.6 Å². The molecule has 0 saturated carbocycles. The zero-order chi connectivity index (χ0) is 16.5. The SMILES string of the molecule is CC(c1ccc(S(N)(=O)=O)cc1)N(C)C(=O)c1ccc(Cl)o1. The Morgan fingerprint density at radius 2 is 1.82 bits per heavy atom. The second-order valence-electron chi connectivity index (χ2n) is 4.81. The smallest absolute Gasteiger partial charge is 0.289 e. The molecule has 2 N–H and O–H groups in total. The van der Waals surface area contributed by atoms with Crippen LogP contribution >= 0.6 is 11.6 Å². The second-order valence-corrected chi connectivity index (χ2v) is 6.74. The van der Waals surface area contributed by atoms with Crippen LogP contribution in [0, 0.1) is 0 Å². The fourth-order valence-electron chi connectivity index (χ4n) is 1.94. The van der Waals surface area contributed by atoms with Gasteiger partial charge in [0.15, 0.2) is 11.0 Å². The summed E-state index contributed by atoms with van der Waals surface area (Å²) in [6.45, 7) is 1.81. The van der Waals surface area contributed by atoms with Crippen molar-refractivity contribution in [3.63, 3.8) is 0 Å². The number of halogens is 1. The molecule has 0 fully saturated rings. The van der Waals surface area contributed by atoms with Crippen molar-refractivity contribution in [2.75, 3.05) is 7.05 Å². The highest BCUT2D eigenvalue weighted by Crippen LogP contribution is 2.23. The lowest BCUT2D eigenvalue weighted by Crippen LogP contribution is -2.29. The van der Waals surface area contributed by atoms with Crippen LogP contribution in [-0.2, 0) is 10.0 Å². The molecule has 1 atom stereocenters. The monoisotopic (exact) mass is 342 g/mol. The predicted octanol–water partition coefficient (Wildman–Crippen LogP) is 2.41. The van der Waals surface area contributed by atoms with Gasteiger partial charge in [-0.05, 0) is 48.4 Å². The zero-order valence-electron chi connectivity index (χ0n) is 12.0. The summed E-state index contributed by atoms with van der Waals surface area (Å²) in [4.78, 5) is 13.8. The van der Waals surface area contributed by atoms with Gasteiger partial charge in [0, 0.05) is 7.05 Å². The van der Waals surface area contributed by atoms with E-state index in [0.29, 0.717) is 0 Å². The summed E-state index contributed by atoms with van der Waals surface area (Å²) in [5.74, 6) is -0.185. The van der Waals surface area contributed by atoms with Crippen molar-refractivity contribution in [3.8, 4) is 0 Å². The highest BCUT2D eigenvalue weighted by atomic mass is 35.5. The molecule has 1 heterocycles. The second kappa shape index (κ2) is 6.12.